The number of aromatic nitrogens is 1. The summed E-state index contributed by atoms with van der Waals surface area (Å²) in [5.41, 5.74) is 4.49. The van der Waals surface area contributed by atoms with Crippen LogP contribution in [-0.4, -0.2) is 17.5 Å². The maximum absolute atomic E-state index is 11.7. The molecule has 0 bridgehead atoms. The Kier molecular flexibility index (Phi) is 3.99. The average molecular weight is 246 g/mol. The van der Waals surface area contributed by atoms with Crippen molar-refractivity contribution in [3.05, 3.63) is 36.0 Å². The molecule has 4 heteroatoms. The molecule has 0 saturated heterocycles. The van der Waals surface area contributed by atoms with Crippen molar-refractivity contribution in [3.8, 4) is 0 Å². The number of hydrogen-bond donors (Lipinski definition) is 2. The number of carbonyl (C=O) groups excluding carboxylic acids is 1. The molecule has 2 rings (SSSR count). The molecule has 0 atom stereocenters. The van der Waals surface area contributed by atoms with Crippen LogP contribution in [0.1, 0.15) is 19.4 Å². The maximum atomic E-state index is 11.7. The zero-order chi connectivity index (χ0) is 13.0. The zero-order valence-electron chi connectivity index (χ0n) is 10.7. The molecule has 0 saturated carbocycles. The number of carbonyl (C=O) groups is 1. The first-order chi connectivity index (χ1) is 8.66. The summed E-state index contributed by atoms with van der Waals surface area (Å²) >= 11 is 0. The number of fused-ring (bicyclic) bond motifs is 1. The fraction of sp³-hybridized carbons (Fsp3) is 0.357. The van der Waals surface area contributed by atoms with Crippen molar-refractivity contribution in [2.45, 2.75) is 20.3 Å². The van der Waals surface area contributed by atoms with E-state index in [4.69, 9.17) is 4.84 Å². The molecule has 2 N–H and O–H groups in total. The molecule has 0 fully saturated rings. The van der Waals surface area contributed by atoms with Crippen LogP contribution in [0.15, 0.2) is 30.5 Å². The third kappa shape index (κ3) is 3.11. The molecule has 1 aromatic carbocycles. The lowest BCUT2D eigenvalue weighted by atomic mass is 10.1. The highest BCUT2D eigenvalue weighted by Crippen LogP contribution is 2.17. The number of hydroxylamine groups is 1. The van der Waals surface area contributed by atoms with Crippen LogP contribution in [0.2, 0.25) is 0 Å². The molecular formula is C14H18N2O2. The minimum atomic E-state index is -0.125. The van der Waals surface area contributed by atoms with Gasteiger partial charge < -0.3 is 4.98 Å². The van der Waals surface area contributed by atoms with Gasteiger partial charge in [0.2, 0.25) is 5.91 Å². The number of amides is 1. The van der Waals surface area contributed by atoms with Gasteiger partial charge in [0.1, 0.15) is 0 Å². The van der Waals surface area contributed by atoms with Crippen LogP contribution in [0.4, 0.5) is 0 Å². The van der Waals surface area contributed by atoms with E-state index in [0.717, 1.165) is 16.5 Å². The first-order valence-corrected chi connectivity index (χ1v) is 6.12. The molecular weight excluding hydrogens is 228 g/mol. The molecule has 0 radical (unpaired) electrons. The van der Waals surface area contributed by atoms with Gasteiger partial charge in [0, 0.05) is 17.1 Å². The van der Waals surface area contributed by atoms with E-state index >= 15 is 0 Å². The van der Waals surface area contributed by atoms with E-state index in [1.54, 1.807) is 0 Å². The van der Waals surface area contributed by atoms with E-state index in [2.05, 4.69) is 10.5 Å². The molecule has 1 heterocycles. The van der Waals surface area contributed by atoms with Crippen molar-refractivity contribution in [1.82, 2.24) is 10.5 Å². The number of para-hydroxylation sites is 1. The van der Waals surface area contributed by atoms with E-state index < -0.39 is 0 Å². The van der Waals surface area contributed by atoms with Crippen LogP contribution in [0, 0.1) is 5.92 Å². The normalized spacial score (nSPS) is 11.1. The third-order valence-corrected chi connectivity index (χ3v) is 2.63. The molecule has 1 amide bonds. The molecule has 1 aromatic heterocycles. The lowest BCUT2D eigenvalue weighted by Crippen LogP contribution is -2.26. The van der Waals surface area contributed by atoms with Gasteiger partial charge in [0.25, 0.3) is 0 Å². The van der Waals surface area contributed by atoms with E-state index in [9.17, 15) is 4.79 Å². The van der Waals surface area contributed by atoms with Crippen LogP contribution in [0.5, 0.6) is 0 Å². The van der Waals surface area contributed by atoms with Crippen LogP contribution in [0.3, 0.4) is 0 Å². The summed E-state index contributed by atoms with van der Waals surface area (Å²) in [6, 6.07) is 7.93. The average Bonchev–Trinajstić information content (AvgIpc) is 2.72. The Balaban J connectivity index is 1.95. The lowest BCUT2D eigenvalue weighted by molar-refractivity contribution is -0.133. The topological polar surface area (TPSA) is 54.1 Å². The van der Waals surface area contributed by atoms with Gasteiger partial charge in [-0.05, 0) is 17.5 Å². The number of benzene rings is 1. The smallest absolute Gasteiger partial charge is 0.248 e. The van der Waals surface area contributed by atoms with Crippen molar-refractivity contribution >= 4 is 16.8 Å². The quantitative estimate of drug-likeness (QED) is 0.796. The molecule has 0 aliphatic carbocycles. The minimum absolute atomic E-state index is 0.125. The molecule has 0 spiro atoms. The highest BCUT2D eigenvalue weighted by molar-refractivity contribution is 5.88. The number of rotatable bonds is 5. The van der Waals surface area contributed by atoms with Crippen molar-refractivity contribution < 1.29 is 9.63 Å². The summed E-state index contributed by atoms with van der Waals surface area (Å²) in [5.74, 6) is 0.277. The second-order valence-corrected chi connectivity index (χ2v) is 4.77. The van der Waals surface area contributed by atoms with Crippen molar-refractivity contribution in [1.29, 1.82) is 0 Å². The largest absolute Gasteiger partial charge is 0.361 e. The van der Waals surface area contributed by atoms with Gasteiger partial charge in [-0.1, -0.05) is 32.0 Å². The fourth-order valence-electron chi connectivity index (χ4n) is 1.78. The van der Waals surface area contributed by atoms with E-state index in [1.807, 2.05) is 44.3 Å². The second-order valence-electron chi connectivity index (χ2n) is 4.77. The number of H-pyrrole nitrogens is 1. The van der Waals surface area contributed by atoms with E-state index in [1.165, 1.54) is 0 Å². The maximum Gasteiger partial charge on any atom is 0.248 e. The van der Waals surface area contributed by atoms with Crippen LogP contribution >= 0.6 is 0 Å². The summed E-state index contributed by atoms with van der Waals surface area (Å²) in [5, 5.41) is 1.08. The summed E-state index contributed by atoms with van der Waals surface area (Å²) < 4.78 is 0. The lowest BCUT2D eigenvalue weighted by Gasteiger charge is -2.07. The van der Waals surface area contributed by atoms with Gasteiger partial charge >= 0.3 is 0 Å². The first-order valence-electron chi connectivity index (χ1n) is 6.12. The summed E-state index contributed by atoms with van der Waals surface area (Å²) in [6.07, 6.45) is 2.19. The van der Waals surface area contributed by atoms with Crippen LogP contribution in [-0.2, 0) is 16.1 Å². The first kappa shape index (κ1) is 12.6. The summed E-state index contributed by atoms with van der Waals surface area (Å²) in [6.45, 7) is 4.59. The number of aromatic amines is 1. The SMILES string of the molecule is CC(C)CONC(=O)Cc1c[nH]c2ccccc12. The predicted octanol–water partition coefficient (Wildman–Crippen LogP) is 2.41. The third-order valence-electron chi connectivity index (χ3n) is 2.63. The van der Waals surface area contributed by atoms with Crippen LogP contribution < -0.4 is 5.48 Å². The Labute approximate surface area is 106 Å². The summed E-state index contributed by atoms with van der Waals surface area (Å²) in [4.78, 5) is 19.9. The highest BCUT2D eigenvalue weighted by Gasteiger charge is 2.08. The van der Waals surface area contributed by atoms with E-state index in [-0.39, 0.29) is 5.91 Å². The van der Waals surface area contributed by atoms with Gasteiger partial charge in [-0.2, -0.15) is 0 Å². The Hall–Kier alpha value is -1.81. The molecule has 2 aromatic rings. The molecule has 0 aliphatic rings. The van der Waals surface area contributed by atoms with Gasteiger partial charge in [0.15, 0.2) is 0 Å². The van der Waals surface area contributed by atoms with Gasteiger partial charge in [-0.15, -0.1) is 0 Å². The Morgan fingerprint density at radius 1 is 1.39 bits per heavy atom. The van der Waals surface area contributed by atoms with Crippen molar-refractivity contribution in [3.63, 3.8) is 0 Å². The van der Waals surface area contributed by atoms with Gasteiger partial charge in [0.05, 0.1) is 13.0 Å². The molecule has 0 unspecified atom stereocenters. The molecule has 4 nitrogen and oxygen atoms in total. The Bertz CT molecular complexity index is 531. The Morgan fingerprint density at radius 2 is 2.17 bits per heavy atom. The van der Waals surface area contributed by atoms with Crippen molar-refractivity contribution in [2.24, 2.45) is 5.92 Å². The summed E-state index contributed by atoms with van der Waals surface area (Å²) in [7, 11) is 0. The second kappa shape index (κ2) is 5.69. The van der Waals surface area contributed by atoms with Gasteiger partial charge in [-0.25, -0.2) is 5.48 Å². The standard InChI is InChI=1S/C14H18N2O2/c1-10(2)9-18-16-14(17)7-11-8-15-13-6-4-3-5-12(11)13/h3-6,8,10,15H,7,9H2,1-2H3,(H,16,17). The monoisotopic (exact) mass is 246 g/mol. The highest BCUT2D eigenvalue weighted by atomic mass is 16.6. The number of nitrogens with one attached hydrogen (secondary N) is 2. The fourth-order valence-corrected chi connectivity index (χ4v) is 1.78. The predicted molar refractivity (Wildman–Crippen MR) is 70.9 cm³/mol. The molecule has 18 heavy (non-hydrogen) atoms. The van der Waals surface area contributed by atoms with Gasteiger partial charge in [-0.3, -0.25) is 9.63 Å². The Morgan fingerprint density at radius 3 is 2.94 bits per heavy atom. The molecule has 0 aliphatic heterocycles. The minimum Gasteiger partial charge on any atom is -0.361 e. The molecule has 96 valence electrons. The van der Waals surface area contributed by atoms with Crippen LogP contribution in [0.25, 0.3) is 10.9 Å². The van der Waals surface area contributed by atoms with Crippen molar-refractivity contribution in [2.75, 3.05) is 6.61 Å². The number of hydrogen-bond acceptors (Lipinski definition) is 2. The zero-order valence-corrected chi connectivity index (χ0v) is 10.7. The van der Waals surface area contributed by atoms with E-state index in [0.29, 0.717) is 18.9 Å².